The largest absolute Gasteiger partial charge is 0.486 e. The molecule has 0 saturated heterocycles. The van der Waals surface area contributed by atoms with Gasteiger partial charge >= 0.3 is 5.97 Å². The second-order valence-electron chi connectivity index (χ2n) is 6.05. The van der Waals surface area contributed by atoms with Crippen molar-refractivity contribution in [3.63, 3.8) is 0 Å². The molecular formula is C17H28ClNO3. The number of hydrogen-bond donors (Lipinski definition) is 1. The molecule has 1 aromatic carbocycles. The molecule has 0 fully saturated rings. The molecule has 2 N–H and O–H groups in total. The molecule has 0 amide bonds. The maximum Gasteiger partial charge on any atom is 0.323 e. The van der Waals surface area contributed by atoms with Crippen molar-refractivity contribution in [2.24, 2.45) is 17.6 Å². The molecule has 22 heavy (non-hydrogen) atoms. The Morgan fingerprint density at radius 3 is 2.00 bits per heavy atom. The van der Waals surface area contributed by atoms with Crippen molar-refractivity contribution < 1.29 is 14.3 Å². The van der Waals surface area contributed by atoms with Crippen LogP contribution < -0.4 is 10.5 Å². The number of ether oxygens (including phenoxy) is 2. The third-order valence-electron chi connectivity index (χ3n) is 3.43. The number of esters is 1. The third kappa shape index (κ3) is 6.24. The summed E-state index contributed by atoms with van der Waals surface area (Å²) in [5, 5.41) is 0. The number of nitrogens with two attached hydrogens (primary N) is 1. The van der Waals surface area contributed by atoms with Gasteiger partial charge in [-0.15, -0.1) is 12.4 Å². The fraction of sp³-hybridized carbons (Fsp3) is 0.588. The molecule has 0 aliphatic heterocycles. The van der Waals surface area contributed by atoms with E-state index in [4.69, 9.17) is 15.2 Å². The number of benzene rings is 1. The predicted molar refractivity (Wildman–Crippen MR) is 91.3 cm³/mol. The summed E-state index contributed by atoms with van der Waals surface area (Å²) < 4.78 is 11.4. The van der Waals surface area contributed by atoms with E-state index < -0.39 is 6.04 Å². The lowest BCUT2D eigenvalue weighted by atomic mass is 10.0. The van der Waals surface area contributed by atoms with Crippen LogP contribution in [-0.2, 0) is 9.53 Å². The van der Waals surface area contributed by atoms with Crippen LogP contribution in [-0.4, -0.2) is 24.2 Å². The van der Waals surface area contributed by atoms with Gasteiger partial charge in [-0.05, 0) is 30.9 Å². The molecule has 0 aliphatic rings. The van der Waals surface area contributed by atoms with Gasteiger partial charge in [-0.2, -0.15) is 0 Å². The maximum atomic E-state index is 12.0. The van der Waals surface area contributed by atoms with Gasteiger partial charge < -0.3 is 15.2 Å². The molecule has 1 rings (SSSR count). The predicted octanol–water partition coefficient (Wildman–Crippen LogP) is 3.43. The summed E-state index contributed by atoms with van der Waals surface area (Å²) in [6, 6.07) is 8.95. The molecule has 0 unspecified atom stereocenters. The summed E-state index contributed by atoms with van der Waals surface area (Å²) in [6.45, 7) is 9.73. The van der Waals surface area contributed by atoms with Crippen LogP contribution in [0.15, 0.2) is 30.3 Å². The first kappa shape index (κ1) is 20.7. The number of halogens is 1. The Balaban J connectivity index is 0.00000441. The van der Waals surface area contributed by atoms with Crippen molar-refractivity contribution in [2.45, 2.75) is 52.9 Å². The fourth-order valence-corrected chi connectivity index (χ4v) is 2.03. The summed E-state index contributed by atoms with van der Waals surface area (Å²) in [4.78, 5) is 12.0. The van der Waals surface area contributed by atoms with E-state index in [1.807, 2.05) is 65.0 Å². The molecular weight excluding hydrogens is 302 g/mol. The Morgan fingerprint density at radius 1 is 1.00 bits per heavy atom. The topological polar surface area (TPSA) is 61.6 Å². The first-order chi connectivity index (χ1) is 9.82. The Kier molecular flexibility index (Phi) is 9.14. The van der Waals surface area contributed by atoms with E-state index in [0.717, 1.165) is 5.75 Å². The van der Waals surface area contributed by atoms with Crippen LogP contribution in [0, 0.1) is 11.8 Å². The summed E-state index contributed by atoms with van der Waals surface area (Å²) in [5.74, 6) is 0.660. The minimum atomic E-state index is -0.600. The molecule has 0 saturated carbocycles. The van der Waals surface area contributed by atoms with Crippen molar-refractivity contribution in [1.82, 2.24) is 0 Å². The molecule has 5 heteroatoms. The van der Waals surface area contributed by atoms with Crippen molar-refractivity contribution in [3.8, 4) is 5.75 Å². The number of carbonyl (C=O) groups is 1. The number of hydrogen-bond acceptors (Lipinski definition) is 4. The van der Waals surface area contributed by atoms with E-state index in [2.05, 4.69) is 0 Å². The average Bonchev–Trinajstić information content (AvgIpc) is 2.44. The van der Waals surface area contributed by atoms with Crippen LogP contribution in [0.1, 0.15) is 34.6 Å². The second-order valence-corrected chi connectivity index (χ2v) is 6.05. The van der Waals surface area contributed by atoms with Gasteiger partial charge in [-0.3, -0.25) is 4.79 Å². The Morgan fingerprint density at radius 2 is 1.55 bits per heavy atom. The van der Waals surface area contributed by atoms with Crippen LogP contribution >= 0.6 is 12.4 Å². The quantitative estimate of drug-likeness (QED) is 0.778. The minimum absolute atomic E-state index is 0. The molecule has 0 radical (unpaired) electrons. The first-order valence-corrected chi connectivity index (χ1v) is 7.50. The molecule has 0 aliphatic carbocycles. The number of carbonyl (C=O) groups excluding carboxylic acids is 1. The van der Waals surface area contributed by atoms with Gasteiger partial charge in [0, 0.05) is 0 Å². The smallest absolute Gasteiger partial charge is 0.323 e. The molecule has 0 heterocycles. The zero-order valence-electron chi connectivity index (χ0n) is 14.0. The van der Waals surface area contributed by atoms with Gasteiger partial charge in [0.05, 0.1) is 0 Å². The lowest BCUT2D eigenvalue weighted by Gasteiger charge is -2.29. The maximum absolute atomic E-state index is 12.0. The Labute approximate surface area is 139 Å². The molecule has 0 spiro atoms. The molecule has 126 valence electrons. The van der Waals surface area contributed by atoms with Gasteiger partial charge in [0.25, 0.3) is 0 Å². The third-order valence-corrected chi connectivity index (χ3v) is 3.43. The highest BCUT2D eigenvalue weighted by atomic mass is 35.5. The fourth-order valence-electron chi connectivity index (χ4n) is 2.03. The standard InChI is InChI=1S/C17H27NO3.ClH/c1-11(2)15(18)17(19)20-13(5)16(12(3)4)21-14-9-7-6-8-10-14;/h6-13,15-16H,18H2,1-5H3;1H/t13-,15-,16+;/m0./s1. The van der Waals surface area contributed by atoms with Crippen LogP contribution in [0.5, 0.6) is 5.75 Å². The number of para-hydroxylation sites is 1. The van der Waals surface area contributed by atoms with Crippen LogP contribution in [0.2, 0.25) is 0 Å². The van der Waals surface area contributed by atoms with Crippen LogP contribution in [0.25, 0.3) is 0 Å². The van der Waals surface area contributed by atoms with E-state index >= 15 is 0 Å². The van der Waals surface area contributed by atoms with Crippen molar-refractivity contribution >= 4 is 18.4 Å². The lowest BCUT2D eigenvalue weighted by molar-refractivity contribution is -0.156. The monoisotopic (exact) mass is 329 g/mol. The first-order valence-electron chi connectivity index (χ1n) is 7.50. The Bertz CT molecular complexity index is 437. The van der Waals surface area contributed by atoms with E-state index in [9.17, 15) is 4.79 Å². The molecule has 1 aromatic rings. The van der Waals surface area contributed by atoms with Gasteiger partial charge in [0.1, 0.15) is 24.0 Å². The van der Waals surface area contributed by atoms with E-state index in [0.29, 0.717) is 0 Å². The molecule has 3 atom stereocenters. The minimum Gasteiger partial charge on any atom is -0.486 e. The second kappa shape index (κ2) is 9.70. The summed E-state index contributed by atoms with van der Waals surface area (Å²) in [7, 11) is 0. The average molecular weight is 330 g/mol. The zero-order valence-corrected chi connectivity index (χ0v) is 14.8. The molecule has 0 aromatic heterocycles. The summed E-state index contributed by atoms with van der Waals surface area (Å²) in [6.07, 6.45) is -0.571. The SMILES string of the molecule is CC(C)[C@H](N)C(=O)O[C@@H](C)[C@H](Oc1ccccc1)C(C)C.Cl. The van der Waals surface area contributed by atoms with E-state index in [1.54, 1.807) is 0 Å². The van der Waals surface area contributed by atoms with Crippen molar-refractivity contribution in [1.29, 1.82) is 0 Å². The van der Waals surface area contributed by atoms with Crippen molar-refractivity contribution in [2.75, 3.05) is 0 Å². The Hall–Kier alpha value is -1.26. The van der Waals surface area contributed by atoms with Gasteiger partial charge in [-0.1, -0.05) is 45.9 Å². The molecule has 0 bridgehead atoms. The zero-order chi connectivity index (χ0) is 16.0. The highest BCUT2D eigenvalue weighted by Crippen LogP contribution is 2.20. The summed E-state index contributed by atoms with van der Waals surface area (Å²) >= 11 is 0. The molecule has 4 nitrogen and oxygen atoms in total. The van der Waals surface area contributed by atoms with Gasteiger partial charge in [0.2, 0.25) is 0 Å². The van der Waals surface area contributed by atoms with Gasteiger partial charge in [0.15, 0.2) is 0 Å². The van der Waals surface area contributed by atoms with E-state index in [-0.39, 0.29) is 42.4 Å². The van der Waals surface area contributed by atoms with Crippen LogP contribution in [0.4, 0.5) is 0 Å². The van der Waals surface area contributed by atoms with Gasteiger partial charge in [-0.25, -0.2) is 0 Å². The normalized spacial score (nSPS) is 14.9. The lowest BCUT2D eigenvalue weighted by Crippen LogP contribution is -2.43. The summed E-state index contributed by atoms with van der Waals surface area (Å²) in [5.41, 5.74) is 5.82. The van der Waals surface area contributed by atoms with Crippen molar-refractivity contribution in [3.05, 3.63) is 30.3 Å². The number of rotatable bonds is 7. The van der Waals surface area contributed by atoms with E-state index in [1.165, 1.54) is 0 Å². The highest BCUT2D eigenvalue weighted by molar-refractivity contribution is 5.85. The van der Waals surface area contributed by atoms with Crippen LogP contribution in [0.3, 0.4) is 0 Å². The highest BCUT2D eigenvalue weighted by Gasteiger charge is 2.29.